The lowest BCUT2D eigenvalue weighted by atomic mass is 9.89. The smallest absolute Gasteiger partial charge is 0.0868 e. The van der Waals surface area contributed by atoms with Crippen molar-refractivity contribution in [3.8, 4) is 0 Å². The molecule has 0 unspecified atom stereocenters. The fraction of sp³-hybridized carbons (Fsp3) is 1.00. The largest absolute Gasteiger partial charge is 0.390 e. The Hall–Kier alpha value is -0.0800. The number of ether oxygens (including phenoxy) is 1. The molecule has 1 aliphatic heterocycles. The van der Waals surface area contributed by atoms with Crippen LogP contribution in [0.15, 0.2) is 0 Å². The molecule has 2 aliphatic carbocycles. The van der Waals surface area contributed by atoms with Crippen molar-refractivity contribution in [3.63, 3.8) is 0 Å². The maximum Gasteiger partial charge on any atom is 0.0868 e. The summed E-state index contributed by atoms with van der Waals surface area (Å²) in [6.07, 6.45) is 2.56. The van der Waals surface area contributed by atoms with Gasteiger partial charge < -0.3 is 9.84 Å². The molecule has 3 aliphatic rings. The normalized spacial score (nSPS) is 63.9. The molecule has 3 fully saturated rings. The van der Waals surface area contributed by atoms with Crippen molar-refractivity contribution in [1.82, 2.24) is 0 Å². The van der Waals surface area contributed by atoms with Gasteiger partial charge in [0.2, 0.25) is 0 Å². The van der Waals surface area contributed by atoms with Crippen molar-refractivity contribution < 1.29 is 9.84 Å². The zero-order valence-corrected chi connectivity index (χ0v) is 5.86. The quantitative estimate of drug-likeness (QED) is 0.528. The van der Waals surface area contributed by atoms with Gasteiger partial charge in [-0.25, -0.2) is 0 Å². The van der Waals surface area contributed by atoms with E-state index in [0.717, 1.165) is 18.4 Å². The second-order valence-electron chi connectivity index (χ2n) is 3.94. The van der Waals surface area contributed by atoms with Crippen molar-refractivity contribution in [3.05, 3.63) is 0 Å². The lowest BCUT2D eigenvalue weighted by Gasteiger charge is -2.21. The van der Waals surface area contributed by atoms with Crippen LogP contribution in [-0.4, -0.2) is 23.9 Å². The molecule has 0 radical (unpaired) electrons. The Balaban J connectivity index is 2.00. The van der Waals surface area contributed by atoms with Gasteiger partial charge in [-0.15, -0.1) is 0 Å². The molecule has 2 bridgehead atoms. The molecule has 56 valence electrons. The van der Waals surface area contributed by atoms with Crippen LogP contribution in [0.25, 0.3) is 0 Å². The van der Waals surface area contributed by atoms with E-state index in [1.807, 2.05) is 0 Å². The van der Waals surface area contributed by atoms with Crippen LogP contribution in [0.3, 0.4) is 0 Å². The molecule has 0 aromatic carbocycles. The lowest BCUT2D eigenvalue weighted by Crippen LogP contribution is -2.31. The molecule has 0 aromatic heterocycles. The molecular weight excluding hydrogens is 128 g/mol. The minimum atomic E-state index is -0.122. The first-order chi connectivity index (χ1) is 4.86. The second-order valence-corrected chi connectivity index (χ2v) is 3.94. The highest BCUT2D eigenvalue weighted by Crippen LogP contribution is 2.53. The maximum atomic E-state index is 9.58. The van der Waals surface area contributed by atoms with Crippen molar-refractivity contribution >= 4 is 0 Å². The topological polar surface area (TPSA) is 29.5 Å². The first-order valence-corrected chi connectivity index (χ1v) is 4.16. The zero-order valence-electron chi connectivity index (χ0n) is 5.86. The third kappa shape index (κ3) is 0.453. The summed E-state index contributed by atoms with van der Waals surface area (Å²) in [7, 11) is 0. The molecule has 1 saturated heterocycles. The van der Waals surface area contributed by atoms with Gasteiger partial charge in [0.05, 0.1) is 18.8 Å². The Morgan fingerprint density at radius 2 is 2.10 bits per heavy atom. The van der Waals surface area contributed by atoms with Gasteiger partial charge in [0.15, 0.2) is 0 Å². The van der Waals surface area contributed by atoms with Crippen LogP contribution in [0.5, 0.6) is 0 Å². The summed E-state index contributed by atoms with van der Waals surface area (Å²) in [5.41, 5.74) is 0. The van der Waals surface area contributed by atoms with E-state index in [4.69, 9.17) is 4.74 Å². The number of aliphatic hydroxyl groups is 1. The second kappa shape index (κ2) is 1.56. The number of fused-ring (bicyclic) bond motifs is 1. The molecule has 0 spiro atoms. The average molecular weight is 140 g/mol. The van der Waals surface area contributed by atoms with E-state index >= 15 is 0 Å². The molecule has 5 atom stereocenters. The molecule has 0 amide bonds. The predicted octanol–water partition coefficient (Wildman–Crippen LogP) is 0.402. The van der Waals surface area contributed by atoms with E-state index in [9.17, 15) is 5.11 Å². The van der Waals surface area contributed by atoms with E-state index in [2.05, 4.69) is 0 Å². The molecule has 1 heterocycles. The monoisotopic (exact) mass is 140 g/mol. The summed E-state index contributed by atoms with van der Waals surface area (Å²) in [6, 6.07) is 0. The first-order valence-electron chi connectivity index (χ1n) is 4.16. The van der Waals surface area contributed by atoms with Gasteiger partial charge in [-0.05, 0) is 30.6 Å². The Bertz CT molecular complexity index is 167. The van der Waals surface area contributed by atoms with Crippen LogP contribution in [0.4, 0.5) is 0 Å². The third-order valence-corrected chi connectivity index (χ3v) is 3.53. The van der Waals surface area contributed by atoms with Crippen LogP contribution >= 0.6 is 0 Å². The SMILES string of the molecule is O[C@H]1[C@@H]2C[C@@H]3CO[C@H]1[C@@H]3C2. The molecular formula is C8H12O2. The predicted molar refractivity (Wildman–Crippen MR) is 35.5 cm³/mol. The van der Waals surface area contributed by atoms with E-state index in [1.165, 1.54) is 12.8 Å². The minimum Gasteiger partial charge on any atom is -0.390 e. The summed E-state index contributed by atoms with van der Waals surface area (Å²) in [6.45, 7) is 0.920. The number of hydrogen-bond acceptors (Lipinski definition) is 2. The standard InChI is InChI=1S/C8H12O2/c9-7-4-1-5-3-10-8(7)6(5)2-4/h4-9H,1-3H2/t4-,5-,6-,7+,8+/m1/s1. The molecule has 2 saturated carbocycles. The van der Waals surface area contributed by atoms with Crippen LogP contribution in [0.2, 0.25) is 0 Å². The van der Waals surface area contributed by atoms with Crippen LogP contribution < -0.4 is 0 Å². The highest BCUT2D eigenvalue weighted by Gasteiger charge is 2.56. The molecule has 3 rings (SSSR count). The Morgan fingerprint density at radius 1 is 1.20 bits per heavy atom. The summed E-state index contributed by atoms with van der Waals surface area (Å²) in [5.74, 6) is 2.11. The number of rotatable bonds is 0. The molecule has 2 nitrogen and oxygen atoms in total. The summed E-state index contributed by atoms with van der Waals surface area (Å²) < 4.78 is 5.49. The van der Waals surface area contributed by atoms with Crippen molar-refractivity contribution in [2.45, 2.75) is 25.0 Å². The maximum absolute atomic E-state index is 9.58. The number of aliphatic hydroxyl groups excluding tert-OH is 1. The summed E-state index contributed by atoms with van der Waals surface area (Å²) in [5, 5.41) is 9.58. The lowest BCUT2D eigenvalue weighted by molar-refractivity contribution is -0.00819. The Morgan fingerprint density at radius 3 is 2.80 bits per heavy atom. The van der Waals surface area contributed by atoms with Gasteiger partial charge in [0, 0.05) is 0 Å². The highest BCUT2D eigenvalue weighted by atomic mass is 16.5. The van der Waals surface area contributed by atoms with Gasteiger partial charge in [0.1, 0.15) is 0 Å². The Labute approximate surface area is 60.2 Å². The molecule has 1 N–H and O–H groups in total. The Kier molecular flexibility index (Phi) is 0.868. The summed E-state index contributed by atoms with van der Waals surface area (Å²) >= 11 is 0. The van der Waals surface area contributed by atoms with Gasteiger partial charge in [-0.2, -0.15) is 0 Å². The van der Waals surface area contributed by atoms with E-state index in [1.54, 1.807) is 0 Å². The van der Waals surface area contributed by atoms with Gasteiger partial charge in [-0.1, -0.05) is 0 Å². The molecule has 0 aromatic rings. The van der Waals surface area contributed by atoms with E-state index in [-0.39, 0.29) is 12.2 Å². The van der Waals surface area contributed by atoms with Gasteiger partial charge in [0.25, 0.3) is 0 Å². The fourth-order valence-electron chi connectivity index (χ4n) is 3.05. The van der Waals surface area contributed by atoms with Gasteiger partial charge >= 0.3 is 0 Å². The zero-order chi connectivity index (χ0) is 6.72. The van der Waals surface area contributed by atoms with Crippen molar-refractivity contribution in [1.29, 1.82) is 0 Å². The molecule has 2 heteroatoms. The van der Waals surface area contributed by atoms with Crippen molar-refractivity contribution in [2.75, 3.05) is 6.61 Å². The van der Waals surface area contributed by atoms with Crippen molar-refractivity contribution in [2.24, 2.45) is 17.8 Å². The van der Waals surface area contributed by atoms with E-state index < -0.39 is 0 Å². The molecule has 10 heavy (non-hydrogen) atoms. The van der Waals surface area contributed by atoms with Crippen LogP contribution in [-0.2, 0) is 4.74 Å². The number of hydrogen-bond donors (Lipinski definition) is 1. The van der Waals surface area contributed by atoms with E-state index in [0.29, 0.717) is 5.92 Å². The van der Waals surface area contributed by atoms with Crippen LogP contribution in [0, 0.1) is 17.8 Å². The minimum absolute atomic E-state index is 0.122. The third-order valence-electron chi connectivity index (χ3n) is 3.53. The highest BCUT2D eigenvalue weighted by molar-refractivity contribution is 5.05. The van der Waals surface area contributed by atoms with Gasteiger partial charge in [-0.3, -0.25) is 0 Å². The summed E-state index contributed by atoms with van der Waals surface area (Å²) in [4.78, 5) is 0. The first kappa shape index (κ1) is 5.56. The fourth-order valence-corrected chi connectivity index (χ4v) is 3.05. The van der Waals surface area contributed by atoms with Crippen LogP contribution in [0.1, 0.15) is 12.8 Å². The average Bonchev–Trinajstić information content (AvgIpc) is 2.43.